The second kappa shape index (κ2) is 8.19. The molecule has 1 aromatic heterocycles. The maximum atomic E-state index is 13.2. The van der Waals surface area contributed by atoms with Crippen LogP contribution >= 0.6 is 24.8 Å². The van der Waals surface area contributed by atoms with E-state index in [0.717, 1.165) is 18.3 Å². The predicted molar refractivity (Wildman–Crippen MR) is 70.8 cm³/mol. The molecular formula is C10H13Cl2F4N3. The molecule has 3 nitrogen and oxygen atoms in total. The molecule has 1 heterocycles. The number of anilines is 1. The lowest BCUT2D eigenvalue weighted by Gasteiger charge is -2.12. The first-order chi connectivity index (χ1) is 7.80. The van der Waals surface area contributed by atoms with E-state index in [1.165, 1.54) is 6.08 Å². The van der Waals surface area contributed by atoms with Gasteiger partial charge in [0.2, 0.25) is 0 Å². The quantitative estimate of drug-likeness (QED) is 0.841. The molecule has 0 amide bonds. The predicted octanol–water partition coefficient (Wildman–Crippen LogP) is 2.94. The summed E-state index contributed by atoms with van der Waals surface area (Å²) in [6.07, 6.45) is -1.41. The highest BCUT2D eigenvalue weighted by atomic mass is 35.5. The molecule has 0 bridgehead atoms. The minimum absolute atomic E-state index is 0. The van der Waals surface area contributed by atoms with Crippen molar-refractivity contribution in [2.75, 3.05) is 5.73 Å². The van der Waals surface area contributed by atoms with Crippen LogP contribution in [0.3, 0.4) is 0 Å². The maximum absolute atomic E-state index is 13.2. The monoisotopic (exact) mass is 321 g/mol. The third-order valence-electron chi connectivity index (χ3n) is 2.01. The zero-order valence-corrected chi connectivity index (χ0v) is 11.2. The number of hydrogen-bond acceptors (Lipinski definition) is 3. The van der Waals surface area contributed by atoms with Crippen LogP contribution in [0.4, 0.5) is 23.4 Å². The van der Waals surface area contributed by atoms with Crippen molar-refractivity contribution in [3.63, 3.8) is 0 Å². The first-order valence-corrected chi connectivity index (χ1v) is 4.70. The molecule has 0 spiro atoms. The lowest BCUT2D eigenvalue weighted by Crippen LogP contribution is -2.36. The standard InChI is InChI=1S/C10H11F4N3.2ClH/c11-7-4-9(16)17-5-6(7)2-1-3-8(15)10(12,13)14;;/h1-2,4-5,8H,3,15H2,(H2,16,17);2*1H/b2-1+;;/t8-;;/m1../s1. The van der Waals surface area contributed by atoms with Gasteiger partial charge in [-0.05, 0) is 6.42 Å². The Hall–Kier alpha value is -1.05. The van der Waals surface area contributed by atoms with Crippen molar-refractivity contribution >= 4 is 36.7 Å². The highest BCUT2D eigenvalue weighted by Crippen LogP contribution is 2.21. The zero-order chi connectivity index (χ0) is 13.1. The summed E-state index contributed by atoms with van der Waals surface area (Å²) in [5.74, 6) is -0.638. The van der Waals surface area contributed by atoms with Crippen molar-refractivity contribution in [2.24, 2.45) is 5.73 Å². The lowest BCUT2D eigenvalue weighted by molar-refractivity contribution is -0.146. The summed E-state index contributed by atoms with van der Waals surface area (Å²) in [7, 11) is 0. The molecule has 0 saturated heterocycles. The van der Waals surface area contributed by atoms with E-state index in [1.807, 2.05) is 0 Å². The summed E-state index contributed by atoms with van der Waals surface area (Å²) in [5.41, 5.74) is 10.2. The fraction of sp³-hybridized carbons (Fsp3) is 0.300. The minimum atomic E-state index is -4.46. The molecule has 0 aliphatic carbocycles. The molecule has 1 rings (SSSR count). The van der Waals surface area contributed by atoms with Gasteiger partial charge in [-0.2, -0.15) is 13.2 Å². The van der Waals surface area contributed by atoms with Crippen molar-refractivity contribution in [3.05, 3.63) is 29.7 Å². The second-order valence-electron chi connectivity index (χ2n) is 3.42. The Morgan fingerprint density at radius 1 is 1.32 bits per heavy atom. The molecule has 19 heavy (non-hydrogen) atoms. The van der Waals surface area contributed by atoms with E-state index in [2.05, 4.69) is 4.98 Å². The van der Waals surface area contributed by atoms with Gasteiger partial charge in [0.1, 0.15) is 17.7 Å². The van der Waals surface area contributed by atoms with E-state index in [9.17, 15) is 17.6 Å². The molecule has 0 fully saturated rings. The molecular weight excluding hydrogens is 309 g/mol. The van der Waals surface area contributed by atoms with Gasteiger partial charge in [-0.15, -0.1) is 24.8 Å². The molecule has 9 heteroatoms. The number of pyridine rings is 1. The van der Waals surface area contributed by atoms with E-state index < -0.39 is 24.5 Å². The van der Waals surface area contributed by atoms with Crippen molar-refractivity contribution in [1.82, 2.24) is 4.98 Å². The number of aromatic nitrogens is 1. The summed E-state index contributed by atoms with van der Waals surface area (Å²) in [6.45, 7) is 0. The minimum Gasteiger partial charge on any atom is -0.384 e. The van der Waals surface area contributed by atoms with Crippen LogP contribution in [0.25, 0.3) is 6.08 Å². The van der Waals surface area contributed by atoms with Crippen LogP contribution in [0.2, 0.25) is 0 Å². The zero-order valence-electron chi connectivity index (χ0n) is 9.52. The molecule has 110 valence electrons. The van der Waals surface area contributed by atoms with E-state index in [4.69, 9.17) is 11.5 Å². The van der Waals surface area contributed by atoms with Crippen molar-refractivity contribution < 1.29 is 17.6 Å². The number of rotatable bonds is 3. The maximum Gasteiger partial charge on any atom is 0.403 e. The highest BCUT2D eigenvalue weighted by Gasteiger charge is 2.35. The van der Waals surface area contributed by atoms with Gasteiger partial charge in [-0.3, -0.25) is 0 Å². The topological polar surface area (TPSA) is 64.9 Å². The van der Waals surface area contributed by atoms with Gasteiger partial charge in [-0.1, -0.05) is 12.2 Å². The molecule has 0 aromatic carbocycles. The van der Waals surface area contributed by atoms with Crippen LogP contribution in [0.15, 0.2) is 18.3 Å². The molecule has 0 aliphatic heterocycles. The lowest BCUT2D eigenvalue weighted by atomic mass is 10.1. The summed E-state index contributed by atoms with van der Waals surface area (Å²) in [4.78, 5) is 3.62. The molecule has 0 aliphatic rings. The van der Waals surface area contributed by atoms with Gasteiger partial charge in [0.15, 0.2) is 0 Å². The van der Waals surface area contributed by atoms with Crippen LogP contribution in [0.1, 0.15) is 12.0 Å². The number of hydrogen-bond donors (Lipinski definition) is 2. The van der Waals surface area contributed by atoms with Crippen molar-refractivity contribution in [2.45, 2.75) is 18.6 Å². The van der Waals surface area contributed by atoms with E-state index in [0.29, 0.717) is 0 Å². The number of nitrogens with zero attached hydrogens (tertiary/aromatic N) is 1. The number of nitrogens with two attached hydrogens (primary N) is 2. The largest absolute Gasteiger partial charge is 0.403 e. The number of halogens is 6. The number of alkyl halides is 3. The van der Waals surface area contributed by atoms with E-state index >= 15 is 0 Å². The van der Waals surface area contributed by atoms with E-state index in [-0.39, 0.29) is 36.2 Å². The Kier molecular flexibility index (Phi) is 8.73. The molecule has 1 atom stereocenters. The summed E-state index contributed by atoms with van der Waals surface area (Å²) in [6, 6.07) is -0.966. The summed E-state index contributed by atoms with van der Waals surface area (Å²) in [5, 5.41) is 0. The number of nitrogen functional groups attached to an aromatic ring is 1. The molecule has 4 N–H and O–H groups in total. The Labute approximate surface area is 119 Å². The highest BCUT2D eigenvalue weighted by molar-refractivity contribution is 5.85. The fourth-order valence-electron chi connectivity index (χ4n) is 1.05. The average molecular weight is 322 g/mol. The Bertz CT molecular complexity index is 424. The fourth-order valence-corrected chi connectivity index (χ4v) is 1.05. The molecule has 0 radical (unpaired) electrons. The third-order valence-corrected chi connectivity index (χ3v) is 2.01. The Balaban J connectivity index is 0. The summed E-state index contributed by atoms with van der Waals surface area (Å²) >= 11 is 0. The van der Waals surface area contributed by atoms with Gasteiger partial charge in [0.25, 0.3) is 0 Å². The van der Waals surface area contributed by atoms with Crippen LogP contribution < -0.4 is 11.5 Å². The van der Waals surface area contributed by atoms with Gasteiger partial charge < -0.3 is 11.5 Å². The van der Waals surface area contributed by atoms with Gasteiger partial charge in [0.05, 0.1) is 0 Å². The SMILES string of the molecule is Cl.Cl.Nc1cc(F)c(/C=C/C[C@@H](N)C(F)(F)F)cn1. The molecule has 1 aromatic rings. The Morgan fingerprint density at radius 2 is 1.89 bits per heavy atom. The van der Waals surface area contributed by atoms with E-state index in [1.54, 1.807) is 0 Å². The smallest absolute Gasteiger partial charge is 0.384 e. The summed E-state index contributed by atoms with van der Waals surface area (Å²) < 4.78 is 49.3. The normalized spacial score (nSPS) is 12.7. The van der Waals surface area contributed by atoms with Gasteiger partial charge in [-0.25, -0.2) is 9.37 Å². The van der Waals surface area contributed by atoms with Crippen LogP contribution in [-0.2, 0) is 0 Å². The third kappa shape index (κ3) is 6.60. The van der Waals surface area contributed by atoms with Crippen molar-refractivity contribution in [3.8, 4) is 0 Å². The van der Waals surface area contributed by atoms with Crippen LogP contribution in [0, 0.1) is 5.82 Å². The van der Waals surface area contributed by atoms with Crippen LogP contribution in [0.5, 0.6) is 0 Å². The van der Waals surface area contributed by atoms with Crippen molar-refractivity contribution in [1.29, 1.82) is 0 Å². The first-order valence-electron chi connectivity index (χ1n) is 4.70. The average Bonchev–Trinajstić information content (AvgIpc) is 2.19. The van der Waals surface area contributed by atoms with Crippen LogP contribution in [-0.4, -0.2) is 17.2 Å². The first kappa shape index (κ1) is 20.3. The Morgan fingerprint density at radius 3 is 2.37 bits per heavy atom. The molecule has 0 saturated carbocycles. The van der Waals surface area contributed by atoms with Gasteiger partial charge in [0, 0.05) is 17.8 Å². The molecule has 0 unspecified atom stereocenters. The second-order valence-corrected chi connectivity index (χ2v) is 3.42. The van der Waals surface area contributed by atoms with Gasteiger partial charge >= 0.3 is 6.18 Å².